The second kappa shape index (κ2) is 7.90. The summed E-state index contributed by atoms with van der Waals surface area (Å²) in [5.41, 5.74) is 1.27. The first kappa shape index (κ1) is 19.1. The van der Waals surface area contributed by atoms with Crippen molar-refractivity contribution >= 4 is 34.8 Å². The highest BCUT2D eigenvalue weighted by atomic mass is 35.5. The van der Waals surface area contributed by atoms with Crippen LogP contribution in [0.1, 0.15) is 16.2 Å². The van der Waals surface area contributed by atoms with Crippen LogP contribution in [-0.2, 0) is 0 Å². The van der Waals surface area contributed by atoms with E-state index in [2.05, 4.69) is 10.3 Å². The molecule has 0 saturated heterocycles. The Kier molecular flexibility index (Phi) is 5.58. The van der Waals surface area contributed by atoms with E-state index in [9.17, 15) is 4.79 Å². The summed E-state index contributed by atoms with van der Waals surface area (Å²) in [4.78, 5) is 17.0. The predicted molar refractivity (Wildman–Crippen MR) is 104 cm³/mol. The number of benzene rings is 2. The minimum absolute atomic E-state index is 0.161. The van der Waals surface area contributed by atoms with Crippen LogP contribution in [0, 0.1) is 6.92 Å². The molecular weight excluding hydrogens is 391 g/mol. The van der Waals surface area contributed by atoms with Crippen LogP contribution >= 0.6 is 23.2 Å². The number of carbonyl (C=O) groups is 1. The van der Waals surface area contributed by atoms with Gasteiger partial charge in [0, 0.05) is 16.7 Å². The summed E-state index contributed by atoms with van der Waals surface area (Å²) in [6.07, 6.45) is 0. The lowest BCUT2D eigenvalue weighted by Crippen LogP contribution is -2.14. The number of rotatable bonds is 5. The van der Waals surface area contributed by atoms with Gasteiger partial charge in [-0.25, -0.2) is 4.98 Å². The third-order valence-electron chi connectivity index (χ3n) is 3.82. The summed E-state index contributed by atoms with van der Waals surface area (Å²) < 4.78 is 16.1. The Morgan fingerprint density at radius 3 is 2.37 bits per heavy atom. The number of aryl methyl sites for hydroxylation is 1. The first-order valence-corrected chi connectivity index (χ1v) is 8.64. The van der Waals surface area contributed by atoms with Crippen LogP contribution in [0.2, 0.25) is 10.0 Å². The van der Waals surface area contributed by atoms with Crippen LogP contribution in [0.25, 0.3) is 11.5 Å². The van der Waals surface area contributed by atoms with Crippen molar-refractivity contribution in [2.45, 2.75) is 6.92 Å². The predicted octanol–water partition coefficient (Wildman–Crippen LogP) is 5.23. The molecule has 2 aromatic carbocycles. The van der Waals surface area contributed by atoms with Gasteiger partial charge in [0.15, 0.2) is 5.69 Å². The van der Waals surface area contributed by atoms with Gasteiger partial charge in [0.1, 0.15) is 17.3 Å². The second-order valence-corrected chi connectivity index (χ2v) is 6.42. The molecular formula is C19H16Cl2N2O4. The number of halogens is 2. The van der Waals surface area contributed by atoms with Crippen molar-refractivity contribution in [3.05, 3.63) is 57.9 Å². The van der Waals surface area contributed by atoms with Gasteiger partial charge in [0.25, 0.3) is 5.91 Å². The third kappa shape index (κ3) is 4.02. The Hall–Kier alpha value is -2.70. The summed E-state index contributed by atoms with van der Waals surface area (Å²) in [5.74, 6) is 1.11. The maximum absolute atomic E-state index is 12.7. The van der Waals surface area contributed by atoms with Gasteiger partial charge < -0.3 is 19.2 Å². The summed E-state index contributed by atoms with van der Waals surface area (Å²) >= 11 is 12.0. The molecule has 27 heavy (non-hydrogen) atoms. The summed E-state index contributed by atoms with van der Waals surface area (Å²) in [6, 6.07) is 10.1. The first-order chi connectivity index (χ1) is 12.9. The Morgan fingerprint density at radius 2 is 1.74 bits per heavy atom. The molecule has 0 atom stereocenters. The average molecular weight is 407 g/mol. The maximum atomic E-state index is 12.7. The lowest BCUT2D eigenvalue weighted by molar-refractivity contribution is 0.102. The van der Waals surface area contributed by atoms with Crippen LogP contribution in [0.5, 0.6) is 11.5 Å². The van der Waals surface area contributed by atoms with Gasteiger partial charge >= 0.3 is 0 Å². The van der Waals surface area contributed by atoms with Gasteiger partial charge in [-0.1, -0.05) is 23.2 Å². The molecule has 0 aliphatic heterocycles. The quantitative estimate of drug-likeness (QED) is 0.627. The third-order valence-corrected chi connectivity index (χ3v) is 4.37. The smallest absolute Gasteiger partial charge is 0.278 e. The van der Waals surface area contributed by atoms with Crippen LogP contribution in [-0.4, -0.2) is 25.1 Å². The van der Waals surface area contributed by atoms with E-state index in [0.717, 1.165) is 0 Å². The van der Waals surface area contributed by atoms with Gasteiger partial charge in [0.05, 0.1) is 24.9 Å². The highest BCUT2D eigenvalue weighted by molar-refractivity contribution is 6.32. The number of methoxy groups -OCH3 is 2. The summed E-state index contributed by atoms with van der Waals surface area (Å²) in [6.45, 7) is 1.67. The number of nitrogens with zero attached hydrogens (tertiary/aromatic N) is 1. The van der Waals surface area contributed by atoms with E-state index in [4.69, 9.17) is 37.1 Å². The van der Waals surface area contributed by atoms with Gasteiger partial charge in [-0.2, -0.15) is 0 Å². The molecule has 0 spiro atoms. The number of amides is 1. The lowest BCUT2D eigenvalue weighted by Gasteiger charge is -2.12. The molecule has 1 heterocycles. The van der Waals surface area contributed by atoms with Gasteiger partial charge in [0.2, 0.25) is 5.89 Å². The number of anilines is 1. The molecule has 8 heteroatoms. The van der Waals surface area contributed by atoms with Crippen molar-refractivity contribution in [3.8, 4) is 23.0 Å². The minimum Gasteiger partial charge on any atom is -0.495 e. The highest BCUT2D eigenvalue weighted by Crippen LogP contribution is 2.36. The molecule has 0 saturated carbocycles. The van der Waals surface area contributed by atoms with Crippen molar-refractivity contribution in [2.24, 2.45) is 0 Å². The van der Waals surface area contributed by atoms with Gasteiger partial charge in [-0.3, -0.25) is 4.79 Å². The molecule has 1 aromatic heterocycles. The molecule has 0 aliphatic rings. The number of hydrogen-bond acceptors (Lipinski definition) is 5. The standard InChI is InChI=1S/C19H16Cl2N2O4/c1-10-17(23-19(27-10)11-4-6-12(20)7-5-11)18(24)22-14-8-13(21)15(25-2)9-16(14)26-3/h4-9H,1-3H3,(H,22,24). The molecule has 0 bridgehead atoms. The maximum Gasteiger partial charge on any atom is 0.278 e. The van der Waals surface area contributed by atoms with Gasteiger partial charge in [-0.15, -0.1) is 0 Å². The van der Waals surface area contributed by atoms with E-state index in [1.807, 2.05) is 0 Å². The molecule has 1 amide bonds. The monoisotopic (exact) mass is 406 g/mol. The molecule has 0 aliphatic carbocycles. The Morgan fingerprint density at radius 1 is 1.07 bits per heavy atom. The van der Waals surface area contributed by atoms with Crippen LogP contribution in [0.15, 0.2) is 40.8 Å². The number of aromatic nitrogens is 1. The van der Waals surface area contributed by atoms with E-state index in [1.165, 1.54) is 14.2 Å². The second-order valence-electron chi connectivity index (χ2n) is 5.57. The molecule has 6 nitrogen and oxygen atoms in total. The van der Waals surface area contributed by atoms with Crippen molar-refractivity contribution < 1.29 is 18.7 Å². The molecule has 3 aromatic rings. The number of oxazole rings is 1. The Balaban J connectivity index is 1.89. The van der Waals surface area contributed by atoms with E-state index in [1.54, 1.807) is 43.3 Å². The van der Waals surface area contributed by atoms with Crippen molar-refractivity contribution in [3.63, 3.8) is 0 Å². The fourth-order valence-electron chi connectivity index (χ4n) is 2.46. The highest BCUT2D eigenvalue weighted by Gasteiger charge is 2.20. The number of nitrogens with one attached hydrogen (secondary N) is 1. The fraction of sp³-hybridized carbons (Fsp3) is 0.158. The Labute approximate surface area is 166 Å². The number of ether oxygens (including phenoxy) is 2. The first-order valence-electron chi connectivity index (χ1n) is 7.89. The fourth-order valence-corrected chi connectivity index (χ4v) is 2.83. The molecule has 0 fully saturated rings. The van der Waals surface area contributed by atoms with Crippen LogP contribution < -0.4 is 14.8 Å². The van der Waals surface area contributed by atoms with E-state index >= 15 is 0 Å². The molecule has 140 valence electrons. The average Bonchev–Trinajstić information content (AvgIpc) is 3.04. The molecule has 1 N–H and O–H groups in total. The van der Waals surface area contributed by atoms with Crippen LogP contribution in [0.3, 0.4) is 0 Å². The minimum atomic E-state index is -0.448. The number of hydrogen-bond donors (Lipinski definition) is 1. The van der Waals surface area contributed by atoms with Crippen molar-refractivity contribution in [1.82, 2.24) is 4.98 Å². The van der Waals surface area contributed by atoms with Crippen molar-refractivity contribution in [1.29, 1.82) is 0 Å². The molecule has 3 rings (SSSR count). The van der Waals surface area contributed by atoms with E-state index in [-0.39, 0.29) is 5.69 Å². The summed E-state index contributed by atoms with van der Waals surface area (Å²) in [5, 5.41) is 3.68. The van der Waals surface area contributed by atoms with Crippen LogP contribution in [0.4, 0.5) is 5.69 Å². The normalized spacial score (nSPS) is 10.6. The van der Waals surface area contributed by atoms with E-state index < -0.39 is 5.91 Å². The zero-order valence-corrected chi connectivity index (χ0v) is 16.3. The lowest BCUT2D eigenvalue weighted by atomic mass is 10.2. The van der Waals surface area contributed by atoms with E-state index in [0.29, 0.717) is 44.4 Å². The largest absolute Gasteiger partial charge is 0.495 e. The van der Waals surface area contributed by atoms with Gasteiger partial charge in [-0.05, 0) is 37.3 Å². The zero-order chi connectivity index (χ0) is 19.6. The molecule has 0 unspecified atom stereocenters. The topological polar surface area (TPSA) is 73.6 Å². The van der Waals surface area contributed by atoms with Crippen molar-refractivity contribution in [2.75, 3.05) is 19.5 Å². The number of carbonyl (C=O) groups excluding carboxylic acids is 1. The SMILES string of the molecule is COc1cc(OC)c(NC(=O)c2nc(-c3ccc(Cl)cc3)oc2C)cc1Cl. The summed E-state index contributed by atoms with van der Waals surface area (Å²) in [7, 11) is 2.98. The molecule has 0 radical (unpaired) electrons. The zero-order valence-electron chi connectivity index (χ0n) is 14.8. The Bertz CT molecular complexity index is 984.